The Bertz CT molecular complexity index is 472. The predicted octanol–water partition coefficient (Wildman–Crippen LogP) is 2.96. The Morgan fingerprint density at radius 3 is 2.38 bits per heavy atom. The predicted molar refractivity (Wildman–Crippen MR) is 94.3 cm³/mol. The van der Waals surface area contributed by atoms with Crippen molar-refractivity contribution in [1.29, 1.82) is 0 Å². The summed E-state index contributed by atoms with van der Waals surface area (Å²) in [5.41, 5.74) is 5.41. The summed E-state index contributed by atoms with van der Waals surface area (Å²) in [5.74, 6) is 0.518. The van der Waals surface area contributed by atoms with Crippen LogP contribution in [0.1, 0.15) is 33.6 Å². The smallest absolute Gasteiger partial charge is 0.410 e. The zero-order valence-corrected chi connectivity index (χ0v) is 15.0. The van der Waals surface area contributed by atoms with E-state index in [1.165, 1.54) is 0 Å². The van der Waals surface area contributed by atoms with E-state index in [-0.39, 0.29) is 12.2 Å². The number of likely N-dealkylation sites (tertiary alicyclic amines) is 1. The van der Waals surface area contributed by atoms with Crippen LogP contribution >= 0.6 is 0 Å². The zero-order valence-electron chi connectivity index (χ0n) is 15.0. The summed E-state index contributed by atoms with van der Waals surface area (Å²) in [6, 6.07) is 0. The van der Waals surface area contributed by atoms with Crippen LogP contribution in [0.4, 0.5) is 4.79 Å². The Morgan fingerprint density at radius 2 is 1.83 bits per heavy atom. The summed E-state index contributed by atoms with van der Waals surface area (Å²) in [4.78, 5) is 13.7. The average molecular weight is 338 g/mol. The highest BCUT2D eigenvalue weighted by atomic mass is 16.6. The molecule has 0 aliphatic carbocycles. The molecule has 0 bridgehead atoms. The number of ether oxygens (including phenoxy) is 3. The number of nitrogens with zero attached hydrogens (tertiary/aromatic N) is 1. The minimum atomic E-state index is -0.463. The standard InChI is InChI=1S/C18H30N2O4/c1-14(19)6-7-15(2)22-12-13-23-16-8-10-20(11-9-16)17(21)24-18(3,4)5/h6-7,16H,1-2,8-13,19H2,3-5H3/b7-6-. The number of piperidine rings is 1. The summed E-state index contributed by atoms with van der Waals surface area (Å²) in [5, 5.41) is 0. The minimum Gasteiger partial charge on any atom is -0.492 e. The Hall–Kier alpha value is -1.95. The number of hydrogen-bond acceptors (Lipinski definition) is 5. The zero-order chi connectivity index (χ0) is 18.2. The van der Waals surface area contributed by atoms with Gasteiger partial charge < -0.3 is 24.8 Å². The van der Waals surface area contributed by atoms with Crippen LogP contribution in [0.2, 0.25) is 0 Å². The van der Waals surface area contributed by atoms with Crippen molar-refractivity contribution < 1.29 is 19.0 Å². The average Bonchev–Trinajstić information content (AvgIpc) is 2.48. The molecule has 0 unspecified atom stereocenters. The van der Waals surface area contributed by atoms with Crippen LogP contribution < -0.4 is 5.73 Å². The minimum absolute atomic E-state index is 0.139. The van der Waals surface area contributed by atoms with E-state index in [0.29, 0.717) is 37.8 Å². The van der Waals surface area contributed by atoms with Crippen molar-refractivity contribution in [2.75, 3.05) is 26.3 Å². The second-order valence-electron chi connectivity index (χ2n) is 6.76. The van der Waals surface area contributed by atoms with Gasteiger partial charge in [-0.25, -0.2) is 4.79 Å². The molecule has 6 nitrogen and oxygen atoms in total. The van der Waals surface area contributed by atoms with Gasteiger partial charge in [-0.15, -0.1) is 0 Å². The maximum Gasteiger partial charge on any atom is 0.410 e. The van der Waals surface area contributed by atoms with E-state index >= 15 is 0 Å². The fourth-order valence-electron chi connectivity index (χ4n) is 2.17. The van der Waals surface area contributed by atoms with Crippen molar-refractivity contribution in [2.24, 2.45) is 5.73 Å². The van der Waals surface area contributed by atoms with Crippen molar-refractivity contribution in [3.63, 3.8) is 0 Å². The molecule has 0 spiro atoms. The van der Waals surface area contributed by atoms with Crippen LogP contribution in [0.3, 0.4) is 0 Å². The molecule has 2 N–H and O–H groups in total. The van der Waals surface area contributed by atoms with Gasteiger partial charge in [0.05, 0.1) is 12.7 Å². The van der Waals surface area contributed by atoms with E-state index < -0.39 is 5.60 Å². The van der Waals surface area contributed by atoms with Gasteiger partial charge in [-0.1, -0.05) is 13.2 Å². The molecule has 136 valence electrons. The monoisotopic (exact) mass is 338 g/mol. The summed E-state index contributed by atoms with van der Waals surface area (Å²) in [6.45, 7) is 15.1. The molecule has 1 amide bonds. The summed E-state index contributed by atoms with van der Waals surface area (Å²) in [7, 11) is 0. The molecular formula is C18H30N2O4. The lowest BCUT2D eigenvalue weighted by molar-refractivity contribution is -0.0221. The number of allylic oxidation sites excluding steroid dienone is 2. The second-order valence-corrected chi connectivity index (χ2v) is 6.76. The van der Waals surface area contributed by atoms with Gasteiger partial charge in [0.25, 0.3) is 0 Å². The summed E-state index contributed by atoms with van der Waals surface area (Å²) in [6.07, 6.45) is 4.78. The fourth-order valence-corrected chi connectivity index (χ4v) is 2.17. The molecule has 1 fully saturated rings. The van der Waals surface area contributed by atoms with Gasteiger partial charge in [0.15, 0.2) is 0 Å². The van der Waals surface area contributed by atoms with Gasteiger partial charge in [0, 0.05) is 18.8 Å². The van der Waals surface area contributed by atoms with Crippen LogP contribution in [-0.4, -0.2) is 49.0 Å². The largest absolute Gasteiger partial charge is 0.492 e. The third kappa shape index (κ3) is 8.62. The molecule has 6 heteroatoms. The normalized spacial score (nSPS) is 16.2. The number of carbonyl (C=O) groups excluding carboxylic acids is 1. The first-order valence-electron chi connectivity index (χ1n) is 8.21. The molecule has 0 radical (unpaired) electrons. The van der Waals surface area contributed by atoms with Crippen molar-refractivity contribution in [1.82, 2.24) is 4.90 Å². The molecular weight excluding hydrogens is 308 g/mol. The Labute approximate surface area is 144 Å². The number of nitrogens with two attached hydrogens (primary N) is 1. The van der Waals surface area contributed by atoms with Crippen LogP contribution in [0, 0.1) is 0 Å². The summed E-state index contributed by atoms with van der Waals surface area (Å²) < 4.78 is 16.6. The lowest BCUT2D eigenvalue weighted by Crippen LogP contribution is -2.43. The van der Waals surface area contributed by atoms with Gasteiger partial charge >= 0.3 is 6.09 Å². The topological polar surface area (TPSA) is 74.0 Å². The van der Waals surface area contributed by atoms with Crippen molar-refractivity contribution in [3.8, 4) is 0 Å². The van der Waals surface area contributed by atoms with E-state index in [2.05, 4.69) is 13.2 Å². The lowest BCUT2D eigenvalue weighted by Gasteiger charge is -2.33. The molecule has 0 atom stereocenters. The SMILES string of the molecule is C=C(N)/C=C\C(=C)OCCOC1CCN(C(=O)OC(C)(C)C)CC1. The van der Waals surface area contributed by atoms with Gasteiger partial charge in [0.1, 0.15) is 18.0 Å². The first-order chi connectivity index (χ1) is 11.2. The molecule has 1 saturated heterocycles. The van der Waals surface area contributed by atoms with Gasteiger partial charge in [-0.3, -0.25) is 0 Å². The Morgan fingerprint density at radius 1 is 1.21 bits per heavy atom. The summed E-state index contributed by atoms with van der Waals surface area (Å²) >= 11 is 0. The fraction of sp³-hybridized carbons (Fsp3) is 0.611. The second kappa shape index (κ2) is 9.37. The third-order valence-electron chi connectivity index (χ3n) is 3.30. The van der Waals surface area contributed by atoms with Gasteiger partial charge in [0.2, 0.25) is 0 Å². The highest BCUT2D eigenvalue weighted by Crippen LogP contribution is 2.17. The molecule has 0 aromatic heterocycles. The lowest BCUT2D eigenvalue weighted by atomic mass is 10.1. The number of amides is 1. The molecule has 1 aliphatic heterocycles. The first-order valence-corrected chi connectivity index (χ1v) is 8.21. The van der Waals surface area contributed by atoms with Crippen LogP contribution in [0.15, 0.2) is 36.8 Å². The van der Waals surface area contributed by atoms with Crippen LogP contribution in [-0.2, 0) is 14.2 Å². The number of carbonyl (C=O) groups is 1. The van der Waals surface area contributed by atoms with Crippen LogP contribution in [0.5, 0.6) is 0 Å². The molecule has 0 saturated carbocycles. The first kappa shape index (κ1) is 20.1. The molecule has 1 heterocycles. The van der Waals surface area contributed by atoms with E-state index in [1.807, 2.05) is 20.8 Å². The maximum atomic E-state index is 12.0. The van der Waals surface area contributed by atoms with Gasteiger partial charge in [-0.2, -0.15) is 0 Å². The van der Waals surface area contributed by atoms with Crippen molar-refractivity contribution in [2.45, 2.75) is 45.3 Å². The maximum absolute atomic E-state index is 12.0. The Kier molecular flexibility index (Phi) is 7.85. The van der Waals surface area contributed by atoms with Crippen molar-refractivity contribution >= 4 is 6.09 Å². The van der Waals surface area contributed by atoms with Crippen molar-refractivity contribution in [3.05, 3.63) is 36.8 Å². The van der Waals surface area contributed by atoms with E-state index in [0.717, 1.165) is 12.8 Å². The number of rotatable bonds is 7. The number of hydrogen-bond donors (Lipinski definition) is 1. The van der Waals surface area contributed by atoms with E-state index in [9.17, 15) is 4.79 Å². The van der Waals surface area contributed by atoms with E-state index in [4.69, 9.17) is 19.9 Å². The van der Waals surface area contributed by atoms with E-state index in [1.54, 1.807) is 17.1 Å². The molecule has 24 heavy (non-hydrogen) atoms. The van der Waals surface area contributed by atoms with Crippen LogP contribution in [0.25, 0.3) is 0 Å². The molecule has 1 aliphatic rings. The molecule has 0 aromatic carbocycles. The molecule has 1 rings (SSSR count). The Balaban J connectivity index is 2.17. The third-order valence-corrected chi connectivity index (χ3v) is 3.30. The molecule has 0 aromatic rings. The highest BCUT2D eigenvalue weighted by molar-refractivity contribution is 5.68. The quantitative estimate of drug-likeness (QED) is 0.439. The highest BCUT2D eigenvalue weighted by Gasteiger charge is 2.27. The van der Waals surface area contributed by atoms with Gasteiger partial charge in [-0.05, 0) is 45.8 Å².